The number of pyridine rings is 1. The standard InChI is InChI=1S/C22H22FN7O2/c1-32-22-16(11-14(23)12-26-22)17-3-2-9-29(17)20-5-4-19-25-13-18(30(19)28-20)21-24-8-6-15(27-21)7-10-31/h4-6,8,11-13,17,31H,2-3,7,9-10H2,1H3/t17-/m1/s1. The number of hydrogen-bond acceptors (Lipinski definition) is 8. The number of aromatic nitrogens is 6. The van der Waals surface area contributed by atoms with Gasteiger partial charge in [-0.1, -0.05) is 0 Å². The molecule has 0 radical (unpaired) electrons. The molecule has 0 bridgehead atoms. The molecule has 4 aromatic heterocycles. The zero-order chi connectivity index (χ0) is 22.1. The molecule has 5 heterocycles. The predicted molar refractivity (Wildman–Crippen MR) is 115 cm³/mol. The van der Waals surface area contributed by atoms with E-state index in [9.17, 15) is 9.50 Å². The Morgan fingerprint density at radius 2 is 2.09 bits per heavy atom. The molecule has 1 aliphatic rings. The third-order valence-electron chi connectivity index (χ3n) is 5.60. The largest absolute Gasteiger partial charge is 0.481 e. The number of aliphatic hydroxyl groups is 1. The van der Waals surface area contributed by atoms with Crippen molar-refractivity contribution >= 4 is 11.5 Å². The molecule has 1 fully saturated rings. The van der Waals surface area contributed by atoms with E-state index in [1.54, 1.807) is 23.0 Å². The van der Waals surface area contributed by atoms with Crippen molar-refractivity contribution in [2.75, 3.05) is 25.2 Å². The van der Waals surface area contributed by atoms with Crippen molar-refractivity contribution in [3.05, 3.63) is 59.9 Å². The summed E-state index contributed by atoms with van der Waals surface area (Å²) in [7, 11) is 1.54. The highest BCUT2D eigenvalue weighted by atomic mass is 19.1. The van der Waals surface area contributed by atoms with Gasteiger partial charge in [-0.25, -0.2) is 28.8 Å². The Kier molecular flexibility index (Phi) is 5.36. The fourth-order valence-electron chi connectivity index (χ4n) is 4.16. The number of ether oxygens (including phenoxy) is 1. The second-order valence-corrected chi connectivity index (χ2v) is 7.55. The van der Waals surface area contributed by atoms with Gasteiger partial charge < -0.3 is 14.7 Å². The molecule has 1 atom stereocenters. The summed E-state index contributed by atoms with van der Waals surface area (Å²) in [6.45, 7) is 0.788. The van der Waals surface area contributed by atoms with Crippen LogP contribution in [0.5, 0.6) is 5.88 Å². The first kappa shape index (κ1) is 20.3. The Balaban J connectivity index is 1.55. The lowest BCUT2D eigenvalue weighted by molar-refractivity contribution is 0.298. The second kappa shape index (κ2) is 8.46. The van der Waals surface area contributed by atoms with Crippen molar-refractivity contribution in [1.82, 2.24) is 29.5 Å². The number of halogens is 1. The summed E-state index contributed by atoms with van der Waals surface area (Å²) in [5.74, 6) is 1.24. The maximum atomic E-state index is 14.0. The third kappa shape index (κ3) is 3.62. The van der Waals surface area contributed by atoms with Crippen LogP contribution in [-0.2, 0) is 6.42 Å². The smallest absolute Gasteiger partial charge is 0.218 e. The number of fused-ring (bicyclic) bond motifs is 1. The van der Waals surface area contributed by atoms with Crippen molar-refractivity contribution in [3.63, 3.8) is 0 Å². The predicted octanol–water partition coefficient (Wildman–Crippen LogP) is 2.61. The van der Waals surface area contributed by atoms with E-state index in [1.807, 2.05) is 12.1 Å². The van der Waals surface area contributed by atoms with E-state index in [0.29, 0.717) is 35.0 Å². The van der Waals surface area contributed by atoms with E-state index >= 15 is 0 Å². The molecule has 9 nitrogen and oxygen atoms in total. The Morgan fingerprint density at radius 1 is 1.19 bits per heavy atom. The van der Waals surface area contributed by atoms with Crippen LogP contribution in [-0.4, -0.2) is 54.9 Å². The molecule has 164 valence electrons. The van der Waals surface area contributed by atoms with Gasteiger partial charge in [0.05, 0.1) is 25.5 Å². The van der Waals surface area contributed by atoms with E-state index in [0.717, 1.165) is 37.1 Å². The van der Waals surface area contributed by atoms with Gasteiger partial charge in [0.2, 0.25) is 5.88 Å². The van der Waals surface area contributed by atoms with E-state index in [2.05, 4.69) is 24.8 Å². The lowest BCUT2D eigenvalue weighted by Gasteiger charge is -2.26. The first-order chi connectivity index (χ1) is 15.7. The number of anilines is 1. The minimum absolute atomic E-state index is 0.0146. The van der Waals surface area contributed by atoms with Crippen molar-refractivity contribution in [1.29, 1.82) is 0 Å². The van der Waals surface area contributed by atoms with Gasteiger partial charge in [-0.3, -0.25) is 0 Å². The summed E-state index contributed by atoms with van der Waals surface area (Å²) in [6.07, 6.45) is 6.73. The zero-order valence-electron chi connectivity index (χ0n) is 17.5. The molecule has 1 aliphatic heterocycles. The summed E-state index contributed by atoms with van der Waals surface area (Å²) >= 11 is 0. The average molecular weight is 435 g/mol. The lowest BCUT2D eigenvalue weighted by atomic mass is 10.1. The SMILES string of the molecule is COc1ncc(F)cc1[C@H]1CCCN1c1ccc2ncc(-c3nccc(CCO)n3)n2n1. The molecule has 32 heavy (non-hydrogen) atoms. The zero-order valence-corrected chi connectivity index (χ0v) is 17.5. The maximum absolute atomic E-state index is 14.0. The van der Waals surface area contributed by atoms with Gasteiger partial charge in [-0.2, -0.15) is 0 Å². The van der Waals surface area contributed by atoms with Crippen LogP contribution in [0.15, 0.2) is 42.9 Å². The normalized spacial score (nSPS) is 16.1. The van der Waals surface area contributed by atoms with Crippen LogP contribution in [0.3, 0.4) is 0 Å². The van der Waals surface area contributed by atoms with Crippen molar-refractivity contribution < 1.29 is 14.2 Å². The number of methoxy groups -OCH3 is 1. The van der Waals surface area contributed by atoms with Crippen LogP contribution in [0.25, 0.3) is 17.2 Å². The molecule has 0 aliphatic carbocycles. The number of imidazole rings is 1. The van der Waals surface area contributed by atoms with Gasteiger partial charge >= 0.3 is 0 Å². The first-order valence-electron chi connectivity index (χ1n) is 10.4. The minimum Gasteiger partial charge on any atom is -0.481 e. The van der Waals surface area contributed by atoms with Crippen molar-refractivity contribution in [2.24, 2.45) is 0 Å². The highest BCUT2D eigenvalue weighted by Gasteiger charge is 2.31. The van der Waals surface area contributed by atoms with Crippen LogP contribution < -0.4 is 9.64 Å². The van der Waals surface area contributed by atoms with Crippen LogP contribution in [0.1, 0.15) is 30.1 Å². The molecule has 1 N–H and O–H groups in total. The van der Waals surface area contributed by atoms with E-state index in [1.165, 1.54) is 13.2 Å². The van der Waals surface area contributed by atoms with Crippen LogP contribution in [0.4, 0.5) is 10.2 Å². The molecular formula is C22H22FN7O2. The Bertz CT molecular complexity index is 1260. The molecule has 10 heteroatoms. The summed E-state index contributed by atoms with van der Waals surface area (Å²) < 4.78 is 21.1. The Morgan fingerprint density at radius 3 is 2.94 bits per heavy atom. The number of aliphatic hydroxyl groups excluding tert-OH is 1. The number of hydrogen-bond donors (Lipinski definition) is 1. The maximum Gasteiger partial charge on any atom is 0.218 e. The van der Waals surface area contributed by atoms with E-state index in [4.69, 9.17) is 9.84 Å². The van der Waals surface area contributed by atoms with Gasteiger partial charge in [0.15, 0.2) is 11.5 Å². The van der Waals surface area contributed by atoms with Crippen LogP contribution in [0.2, 0.25) is 0 Å². The van der Waals surface area contributed by atoms with Crippen LogP contribution >= 0.6 is 0 Å². The minimum atomic E-state index is -0.395. The molecule has 0 amide bonds. The highest BCUT2D eigenvalue weighted by molar-refractivity contribution is 5.58. The van der Waals surface area contributed by atoms with E-state index < -0.39 is 5.82 Å². The molecule has 0 aromatic carbocycles. The molecule has 4 aromatic rings. The number of nitrogens with zero attached hydrogens (tertiary/aromatic N) is 7. The van der Waals surface area contributed by atoms with E-state index in [-0.39, 0.29) is 12.6 Å². The molecule has 5 rings (SSSR count). The quantitative estimate of drug-likeness (QED) is 0.493. The molecule has 1 saturated heterocycles. The summed E-state index contributed by atoms with van der Waals surface area (Å²) in [5, 5.41) is 14.0. The molecular weight excluding hydrogens is 413 g/mol. The average Bonchev–Trinajstić information content (AvgIpc) is 3.46. The monoisotopic (exact) mass is 435 g/mol. The third-order valence-corrected chi connectivity index (χ3v) is 5.60. The van der Waals surface area contributed by atoms with Crippen molar-refractivity contribution in [3.8, 4) is 17.4 Å². The van der Waals surface area contributed by atoms with Gasteiger partial charge in [-0.05, 0) is 37.1 Å². The number of rotatable bonds is 6. The summed E-state index contributed by atoms with van der Waals surface area (Å²) in [5.41, 5.74) is 2.77. The summed E-state index contributed by atoms with van der Waals surface area (Å²) in [4.78, 5) is 19.5. The second-order valence-electron chi connectivity index (χ2n) is 7.55. The Hall–Kier alpha value is -3.66. The van der Waals surface area contributed by atoms with Gasteiger partial charge in [0, 0.05) is 37.0 Å². The molecule has 0 unspecified atom stereocenters. The molecule has 0 saturated carbocycles. The lowest BCUT2D eigenvalue weighted by Crippen LogP contribution is -2.25. The van der Waals surface area contributed by atoms with Gasteiger partial charge in [0.25, 0.3) is 0 Å². The fourth-order valence-corrected chi connectivity index (χ4v) is 4.16. The topological polar surface area (TPSA) is 102 Å². The summed E-state index contributed by atoms with van der Waals surface area (Å²) in [6, 6.07) is 6.95. The molecule has 0 spiro atoms. The fraction of sp³-hybridized carbons (Fsp3) is 0.318. The first-order valence-corrected chi connectivity index (χ1v) is 10.4. The Labute approximate surface area is 183 Å². The van der Waals surface area contributed by atoms with Crippen molar-refractivity contribution in [2.45, 2.75) is 25.3 Å². The van der Waals surface area contributed by atoms with Gasteiger partial charge in [0.1, 0.15) is 17.3 Å². The van der Waals surface area contributed by atoms with Gasteiger partial charge in [-0.15, -0.1) is 5.10 Å². The van der Waals surface area contributed by atoms with Crippen LogP contribution in [0, 0.1) is 5.82 Å². The highest BCUT2D eigenvalue weighted by Crippen LogP contribution is 2.38.